The van der Waals surface area contributed by atoms with Crippen molar-refractivity contribution in [3.05, 3.63) is 71.8 Å². The van der Waals surface area contributed by atoms with Crippen LogP contribution in [0.25, 0.3) is 0 Å². The van der Waals surface area contributed by atoms with E-state index in [-0.39, 0.29) is 55.3 Å². The fourth-order valence-electron chi connectivity index (χ4n) is 12.9. The Morgan fingerprint density at radius 3 is 2.05 bits per heavy atom. The number of carbonyl (C=O) groups excluding carboxylic acids is 8. The first-order chi connectivity index (χ1) is 41.0. The normalized spacial score (nSPS) is 29.0. The zero-order valence-electron chi connectivity index (χ0n) is 51.4. The van der Waals surface area contributed by atoms with Gasteiger partial charge in [0.05, 0.1) is 75.5 Å². The number of ketones is 1. The van der Waals surface area contributed by atoms with Crippen LogP contribution in [0.3, 0.4) is 0 Å². The Morgan fingerprint density at radius 2 is 1.44 bits per heavy atom. The van der Waals surface area contributed by atoms with Gasteiger partial charge in [0.2, 0.25) is 17.9 Å². The molecule has 3 saturated carbocycles. The second-order valence-electron chi connectivity index (χ2n) is 24.8. The summed E-state index contributed by atoms with van der Waals surface area (Å²) < 4.78 is 57.5. The lowest BCUT2D eigenvalue weighted by Gasteiger charge is -2.70. The van der Waals surface area contributed by atoms with E-state index in [1.54, 1.807) is 85.1 Å². The molecule has 25 nitrogen and oxygen atoms in total. The standard InChI is InChI=1S/C62H89N3O22/c1-36-42(32-62(77)54(85-55(74)40-21-15-12-16-22-40)52-60(9,53(73)50(72)48(36)59(62,7)8)43(68)31-44-61(52,35-82-44)86-38(3)67)83-56(75)51(49(39-19-13-11-14-20-39)65-57(76)87-58(4,5)6)84-47(71)34-81-33-46(70)64-41(37(2)66)23-17-18-25-63-45(69)24-26-79-29-30-80-28-27-78-10/h11-16,19-22,36,41-44,48-54,68,72-73,77H,17-18,23-35H2,1-10H3,(H,63,69)(H,64,70)(H,65,76)/t36?,41?,42-,43-,44+,48+,49-,50+,51+,52-,53+,54-,60+,61-,62+/m0/s1. The molecule has 4 aliphatic rings. The molecule has 2 bridgehead atoms. The second kappa shape index (κ2) is 30.4. The maximum absolute atomic E-state index is 15.3. The lowest BCUT2D eigenvalue weighted by Crippen LogP contribution is -2.83. The Balaban J connectivity index is 1.24. The van der Waals surface area contributed by atoms with Gasteiger partial charge in [-0.1, -0.05) is 76.2 Å². The number of hydrogen-bond acceptors (Lipinski definition) is 22. The van der Waals surface area contributed by atoms with Crippen LogP contribution in [0, 0.1) is 28.6 Å². The summed E-state index contributed by atoms with van der Waals surface area (Å²) in [6.45, 7) is 13.7. The molecule has 2 aromatic carbocycles. The molecule has 3 aliphatic carbocycles. The third kappa shape index (κ3) is 16.8. The molecule has 87 heavy (non-hydrogen) atoms. The second-order valence-corrected chi connectivity index (χ2v) is 24.8. The van der Waals surface area contributed by atoms with Crippen molar-refractivity contribution in [2.24, 2.45) is 28.6 Å². The van der Waals surface area contributed by atoms with Crippen molar-refractivity contribution in [1.82, 2.24) is 16.0 Å². The first kappa shape index (κ1) is 69.9. The predicted molar refractivity (Wildman–Crippen MR) is 307 cm³/mol. The third-order valence-electron chi connectivity index (χ3n) is 17.4. The van der Waals surface area contributed by atoms with Gasteiger partial charge in [-0.3, -0.25) is 19.2 Å². The molecular weight excluding hydrogens is 1140 g/mol. The zero-order chi connectivity index (χ0) is 64.1. The molecule has 15 atom stereocenters. The van der Waals surface area contributed by atoms with E-state index in [0.29, 0.717) is 45.8 Å². The van der Waals surface area contributed by atoms with Gasteiger partial charge in [-0.2, -0.15) is 0 Å². The number of benzene rings is 2. The number of rotatable bonds is 29. The Labute approximate surface area is 507 Å². The average Bonchev–Trinajstić information content (AvgIpc) is 0.680. The number of nitrogens with one attached hydrogen (secondary N) is 3. The van der Waals surface area contributed by atoms with Crippen LogP contribution in [0.1, 0.15) is 123 Å². The SMILES string of the molecule is COCCOCCOCCC(=O)NCCCCC(NC(=O)COCC(=O)O[C@@H](C(=O)O[C@H]1C[C@@]2(O)[C@@H](OC(=O)c3ccccc3)[C@@H]3[C@]4(OC(C)=O)CO[C@@H]4C[C@H](O)[C@@]3(C)[C@H](O)[C@H](O)[C@@H](C1C)C2(C)C)[C@@H](NC(=O)OC(C)(C)C)c1ccccc1)C(C)=O. The van der Waals surface area contributed by atoms with Crippen molar-refractivity contribution in [3.8, 4) is 0 Å². The van der Waals surface area contributed by atoms with Crippen LogP contribution in [0.4, 0.5) is 4.79 Å². The van der Waals surface area contributed by atoms with Gasteiger partial charge in [-0.15, -0.1) is 0 Å². The number of methoxy groups -OCH3 is 1. The van der Waals surface area contributed by atoms with E-state index in [9.17, 15) is 54.0 Å². The van der Waals surface area contributed by atoms with Crippen molar-refractivity contribution >= 4 is 47.6 Å². The first-order valence-electron chi connectivity index (χ1n) is 29.6. The van der Waals surface area contributed by atoms with E-state index in [4.69, 9.17) is 47.4 Å². The molecule has 6 rings (SSSR count). The van der Waals surface area contributed by atoms with Crippen molar-refractivity contribution in [2.45, 2.75) is 172 Å². The van der Waals surface area contributed by atoms with Crippen LogP contribution >= 0.6 is 0 Å². The summed E-state index contributed by atoms with van der Waals surface area (Å²) in [5, 5.41) is 59.4. The minimum atomic E-state index is -2.42. The third-order valence-corrected chi connectivity index (χ3v) is 17.4. The van der Waals surface area contributed by atoms with Gasteiger partial charge in [0.1, 0.15) is 48.8 Å². The molecule has 484 valence electrons. The topological polar surface area (TPSA) is 346 Å². The summed E-state index contributed by atoms with van der Waals surface area (Å²) in [7, 11) is 1.57. The highest BCUT2D eigenvalue weighted by atomic mass is 16.6. The number of carbonyl (C=O) groups is 8. The number of esters is 4. The molecule has 4 fully saturated rings. The van der Waals surface area contributed by atoms with Crippen LogP contribution in [-0.2, 0) is 76.1 Å². The van der Waals surface area contributed by atoms with Gasteiger partial charge >= 0.3 is 30.0 Å². The minimum Gasteiger partial charge on any atom is -0.459 e. The molecule has 2 unspecified atom stereocenters. The molecule has 0 spiro atoms. The lowest BCUT2D eigenvalue weighted by atomic mass is 9.42. The summed E-state index contributed by atoms with van der Waals surface area (Å²) >= 11 is 0. The molecule has 25 heteroatoms. The molecule has 0 aromatic heterocycles. The summed E-state index contributed by atoms with van der Waals surface area (Å²) in [6.07, 6.45) is -12.2. The van der Waals surface area contributed by atoms with Gasteiger partial charge in [-0.25, -0.2) is 19.2 Å². The highest BCUT2D eigenvalue weighted by Gasteiger charge is 2.79. The lowest BCUT2D eigenvalue weighted by molar-refractivity contribution is -0.379. The highest BCUT2D eigenvalue weighted by molar-refractivity contribution is 5.90. The number of alkyl carbamates (subject to hydrolysis) is 1. The van der Waals surface area contributed by atoms with Gasteiger partial charge in [-0.05, 0) is 70.6 Å². The molecule has 7 N–H and O–H groups in total. The Kier molecular flexibility index (Phi) is 24.4. The molecule has 1 heterocycles. The van der Waals surface area contributed by atoms with Crippen LogP contribution in [0.5, 0.6) is 0 Å². The number of aliphatic hydroxyl groups excluding tert-OH is 3. The van der Waals surface area contributed by atoms with Crippen molar-refractivity contribution < 1.29 is 106 Å². The number of ether oxygens (including phenoxy) is 10. The average molecular weight is 1230 g/mol. The summed E-state index contributed by atoms with van der Waals surface area (Å²) in [6, 6.07) is 13.2. The van der Waals surface area contributed by atoms with Crippen molar-refractivity contribution in [3.63, 3.8) is 0 Å². The minimum absolute atomic E-state index is 0.0479. The Morgan fingerprint density at radius 1 is 0.793 bits per heavy atom. The van der Waals surface area contributed by atoms with Gasteiger partial charge in [0, 0.05) is 56.6 Å². The van der Waals surface area contributed by atoms with Gasteiger partial charge in [0.15, 0.2) is 11.4 Å². The van der Waals surface area contributed by atoms with E-state index in [2.05, 4.69) is 16.0 Å². The summed E-state index contributed by atoms with van der Waals surface area (Å²) in [5.74, 6) is -9.38. The van der Waals surface area contributed by atoms with Crippen LogP contribution < -0.4 is 16.0 Å². The van der Waals surface area contributed by atoms with E-state index >= 15 is 4.79 Å². The first-order valence-corrected chi connectivity index (χ1v) is 29.6. The molecule has 0 radical (unpaired) electrons. The number of fused-ring (bicyclic) bond motifs is 5. The highest BCUT2D eigenvalue weighted by Crippen LogP contribution is 2.66. The summed E-state index contributed by atoms with van der Waals surface area (Å²) in [5.41, 5.74) is -8.46. The number of Topliss-reactive ketones (excluding diaryl/α,β-unsaturated/α-hetero) is 1. The van der Waals surface area contributed by atoms with Crippen LogP contribution in [0.2, 0.25) is 0 Å². The van der Waals surface area contributed by atoms with E-state index in [0.717, 1.165) is 6.92 Å². The number of amides is 3. The van der Waals surface area contributed by atoms with Gasteiger partial charge < -0.3 is 83.7 Å². The van der Waals surface area contributed by atoms with E-state index in [1.807, 2.05) is 0 Å². The van der Waals surface area contributed by atoms with Gasteiger partial charge in [0.25, 0.3) is 0 Å². The summed E-state index contributed by atoms with van der Waals surface area (Å²) in [4.78, 5) is 109. The molecule has 3 amide bonds. The van der Waals surface area contributed by atoms with E-state index in [1.165, 1.54) is 38.1 Å². The smallest absolute Gasteiger partial charge is 0.408 e. The molecule has 2 aromatic rings. The monoisotopic (exact) mass is 1230 g/mol. The maximum Gasteiger partial charge on any atom is 0.408 e. The predicted octanol–water partition coefficient (Wildman–Crippen LogP) is 2.98. The van der Waals surface area contributed by atoms with Crippen LogP contribution in [-0.4, -0.2) is 200 Å². The van der Waals surface area contributed by atoms with Crippen LogP contribution in [0.15, 0.2) is 60.7 Å². The fraction of sp³-hybridized carbons (Fsp3) is 0.677. The molecular formula is C62H89N3O22. The zero-order valence-corrected chi connectivity index (χ0v) is 51.4. The fourth-order valence-corrected chi connectivity index (χ4v) is 12.9. The Hall–Kier alpha value is -6.16. The molecule has 1 aliphatic heterocycles. The Bertz CT molecular complexity index is 2670. The van der Waals surface area contributed by atoms with Crippen molar-refractivity contribution in [2.75, 3.05) is 66.5 Å². The number of aliphatic hydroxyl groups is 4. The quantitative estimate of drug-likeness (QED) is 0.0350. The van der Waals surface area contributed by atoms with E-state index < -0.39 is 156 Å². The maximum atomic E-state index is 15.3. The number of hydrogen-bond donors (Lipinski definition) is 7. The number of unbranched alkanes of at least 4 members (excludes halogenated alkanes) is 1. The molecule has 1 saturated heterocycles. The largest absolute Gasteiger partial charge is 0.459 e. The van der Waals surface area contributed by atoms with Crippen molar-refractivity contribution in [1.29, 1.82) is 0 Å².